The number of ether oxygens (including phenoxy) is 1. The number of Topliss-reactive ketones (excluding diaryl/α,β-unsaturated/α-hetero) is 1. The quantitative estimate of drug-likeness (QED) is 0.446. The lowest BCUT2D eigenvalue weighted by atomic mass is 10.2. The van der Waals surface area contributed by atoms with Crippen molar-refractivity contribution in [1.82, 2.24) is 15.8 Å². The van der Waals surface area contributed by atoms with E-state index in [1.165, 1.54) is 6.07 Å². The molecule has 0 aliphatic carbocycles. The number of carbonyl (C=O) groups is 3. The monoisotopic (exact) mass is 327 g/mol. The minimum Gasteiger partial charge on any atom is -0.394 e. The number of rotatable bonds is 6. The molecule has 2 amide bonds. The molecule has 22 heavy (non-hydrogen) atoms. The number of hydrazine groups is 1. The van der Waals surface area contributed by atoms with Crippen molar-refractivity contribution < 1.29 is 24.2 Å². The first kappa shape index (κ1) is 16.6. The molecule has 1 atom stereocenters. The maximum atomic E-state index is 12.0. The van der Waals surface area contributed by atoms with E-state index < -0.39 is 30.2 Å². The van der Waals surface area contributed by atoms with Gasteiger partial charge in [-0.15, -0.1) is 11.3 Å². The summed E-state index contributed by atoms with van der Waals surface area (Å²) in [6, 6.07) is 1.99. The zero-order chi connectivity index (χ0) is 15.9. The Hall–Kier alpha value is -1.81. The van der Waals surface area contributed by atoms with Crippen LogP contribution >= 0.6 is 11.3 Å². The average molecular weight is 327 g/mol. The van der Waals surface area contributed by atoms with Crippen molar-refractivity contribution in [2.75, 3.05) is 32.9 Å². The van der Waals surface area contributed by atoms with Gasteiger partial charge >= 0.3 is 0 Å². The zero-order valence-electron chi connectivity index (χ0n) is 11.8. The minimum absolute atomic E-state index is 0.280. The smallest absolute Gasteiger partial charge is 0.293 e. The lowest BCUT2D eigenvalue weighted by molar-refractivity contribution is -0.133. The van der Waals surface area contributed by atoms with Crippen LogP contribution in [-0.2, 0) is 14.3 Å². The molecule has 9 heteroatoms. The molecule has 120 valence electrons. The Kier molecular flexibility index (Phi) is 6.01. The summed E-state index contributed by atoms with van der Waals surface area (Å²) in [5, 5.41) is 14.8. The third kappa shape index (κ3) is 4.34. The summed E-state index contributed by atoms with van der Waals surface area (Å²) >= 11 is 1.14. The standard InChI is InChI=1S/C13H17N3O5S/c17-8-9(12(19)15-16-3-5-21-6-4-16)14-13(20)11(18)10-2-1-7-22-10/h1-2,7,9,17H,3-6,8H2,(H,14,20)(H,15,19). The molecule has 1 aliphatic rings. The fourth-order valence-electron chi connectivity index (χ4n) is 1.85. The van der Waals surface area contributed by atoms with Crippen molar-refractivity contribution in [3.8, 4) is 0 Å². The van der Waals surface area contributed by atoms with E-state index in [9.17, 15) is 19.5 Å². The number of morpholine rings is 1. The van der Waals surface area contributed by atoms with Crippen LogP contribution in [0, 0.1) is 0 Å². The van der Waals surface area contributed by atoms with E-state index >= 15 is 0 Å². The number of ketones is 1. The van der Waals surface area contributed by atoms with Crippen molar-refractivity contribution in [2.24, 2.45) is 0 Å². The van der Waals surface area contributed by atoms with Gasteiger partial charge < -0.3 is 15.2 Å². The molecular formula is C13H17N3O5S. The molecule has 8 nitrogen and oxygen atoms in total. The second kappa shape index (κ2) is 7.99. The van der Waals surface area contributed by atoms with Crippen LogP contribution in [0.25, 0.3) is 0 Å². The topological polar surface area (TPSA) is 108 Å². The number of thiophene rings is 1. The van der Waals surface area contributed by atoms with Gasteiger partial charge in [0.1, 0.15) is 6.04 Å². The predicted octanol–water partition coefficient (Wildman–Crippen LogP) is -1.23. The molecule has 1 unspecified atom stereocenters. The summed E-state index contributed by atoms with van der Waals surface area (Å²) in [6.45, 7) is 1.43. The van der Waals surface area contributed by atoms with E-state index in [0.717, 1.165) is 11.3 Å². The molecule has 3 N–H and O–H groups in total. The molecule has 2 rings (SSSR count). The maximum Gasteiger partial charge on any atom is 0.293 e. The SMILES string of the molecule is O=C(NC(CO)C(=O)NN1CCOCC1)C(=O)c1cccs1. The number of nitrogens with zero attached hydrogens (tertiary/aromatic N) is 1. The Bertz CT molecular complexity index is 528. The lowest BCUT2D eigenvalue weighted by Gasteiger charge is -2.28. The summed E-state index contributed by atoms with van der Waals surface area (Å²) < 4.78 is 5.15. The largest absolute Gasteiger partial charge is 0.394 e. The van der Waals surface area contributed by atoms with Crippen molar-refractivity contribution in [3.05, 3.63) is 22.4 Å². The van der Waals surface area contributed by atoms with Gasteiger partial charge in [-0.3, -0.25) is 19.8 Å². The van der Waals surface area contributed by atoms with E-state index in [2.05, 4.69) is 10.7 Å². The molecule has 1 aromatic rings. The van der Waals surface area contributed by atoms with Crippen LogP contribution in [0.1, 0.15) is 9.67 Å². The summed E-state index contributed by atoms with van der Waals surface area (Å²) in [5.41, 5.74) is 2.58. The van der Waals surface area contributed by atoms with Crippen LogP contribution < -0.4 is 10.7 Å². The molecule has 1 aliphatic heterocycles. The van der Waals surface area contributed by atoms with Crippen molar-refractivity contribution in [2.45, 2.75) is 6.04 Å². The average Bonchev–Trinajstić information content (AvgIpc) is 3.06. The normalized spacial score (nSPS) is 16.8. The minimum atomic E-state index is -1.18. The molecule has 2 heterocycles. The fraction of sp³-hybridized carbons (Fsp3) is 0.462. The first-order chi connectivity index (χ1) is 10.6. The first-order valence-corrected chi connectivity index (χ1v) is 7.62. The summed E-state index contributed by atoms with van der Waals surface area (Å²) in [7, 11) is 0. The van der Waals surface area contributed by atoms with Crippen molar-refractivity contribution in [1.29, 1.82) is 0 Å². The number of aliphatic hydroxyl groups is 1. The van der Waals surface area contributed by atoms with Gasteiger partial charge in [-0.25, -0.2) is 5.01 Å². The first-order valence-electron chi connectivity index (χ1n) is 6.74. The van der Waals surface area contributed by atoms with Crippen LogP contribution in [0.2, 0.25) is 0 Å². The van der Waals surface area contributed by atoms with E-state index in [0.29, 0.717) is 26.3 Å². The predicted molar refractivity (Wildman–Crippen MR) is 78.2 cm³/mol. The third-order valence-corrected chi connectivity index (χ3v) is 3.90. The highest BCUT2D eigenvalue weighted by atomic mass is 32.1. The van der Waals surface area contributed by atoms with Gasteiger partial charge in [-0.05, 0) is 11.4 Å². The Morgan fingerprint density at radius 3 is 2.68 bits per heavy atom. The van der Waals surface area contributed by atoms with Gasteiger partial charge in [0.25, 0.3) is 17.6 Å². The molecule has 1 fully saturated rings. The maximum absolute atomic E-state index is 12.0. The van der Waals surface area contributed by atoms with E-state index in [1.807, 2.05) is 0 Å². The summed E-state index contributed by atoms with van der Waals surface area (Å²) in [6.07, 6.45) is 0. The van der Waals surface area contributed by atoms with Gasteiger partial charge in [-0.1, -0.05) is 6.07 Å². The summed E-state index contributed by atoms with van der Waals surface area (Å²) in [4.78, 5) is 35.9. The number of aliphatic hydroxyl groups excluding tert-OH is 1. The van der Waals surface area contributed by atoms with Crippen molar-refractivity contribution >= 4 is 28.9 Å². The Balaban J connectivity index is 1.88. The molecule has 0 spiro atoms. The number of hydrogen-bond donors (Lipinski definition) is 3. The van der Waals surface area contributed by atoms with Gasteiger partial charge in [0.15, 0.2) is 0 Å². The molecular weight excluding hydrogens is 310 g/mol. The molecule has 0 radical (unpaired) electrons. The third-order valence-electron chi connectivity index (χ3n) is 3.03. The van der Waals surface area contributed by atoms with Crippen LogP contribution in [0.4, 0.5) is 0 Å². The summed E-state index contributed by atoms with van der Waals surface area (Å²) in [5.74, 6) is -2.22. The Labute approximate surface area is 131 Å². The molecule has 1 aromatic heterocycles. The van der Waals surface area contributed by atoms with Gasteiger partial charge in [0, 0.05) is 13.1 Å². The highest BCUT2D eigenvalue weighted by molar-refractivity contribution is 7.13. The second-order valence-corrected chi connectivity index (χ2v) is 5.54. The Morgan fingerprint density at radius 1 is 1.36 bits per heavy atom. The number of hydrogen-bond acceptors (Lipinski definition) is 7. The second-order valence-electron chi connectivity index (χ2n) is 4.59. The number of nitrogens with one attached hydrogen (secondary N) is 2. The van der Waals surface area contributed by atoms with Crippen molar-refractivity contribution in [3.63, 3.8) is 0 Å². The molecule has 0 saturated carbocycles. The highest BCUT2D eigenvalue weighted by Crippen LogP contribution is 2.09. The fourth-order valence-corrected chi connectivity index (χ4v) is 2.51. The van der Waals surface area contributed by atoms with Crippen LogP contribution in [0.15, 0.2) is 17.5 Å². The number of amides is 2. The van der Waals surface area contributed by atoms with Gasteiger partial charge in [0.2, 0.25) is 0 Å². The molecule has 1 saturated heterocycles. The van der Waals surface area contributed by atoms with Crippen LogP contribution in [0.3, 0.4) is 0 Å². The van der Waals surface area contributed by atoms with E-state index in [4.69, 9.17) is 4.74 Å². The lowest BCUT2D eigenvalue weighted by Crippen LogP contribution is -2.56. The van der Waals surface area contributed by atoms with Gasteiger partial charge in [0.05, 0.1) is 24.7 Å². The molecule has 0 bridgehead atoms. The zero-order valence-corrected chi connectivity index (χ0v) is 12.6. The van der Waals surface area contributed by atoms with E-state index in [-0.39, 0.29) is 4.88 Å². The van der Waals surface area contributed by atoms with E-state index in [1.54, 1.807) is 16.5 Å². The molecule has 0 aromatic carbocycles. The van der Waals surface area contributed by atoms with Crippen LogP contribution in [-0.4, -0.2) is 66.7 Å². The highest BCUT2D eigenvalue weighted by Gasteiger charge is 2.26. The number of carbonyl (C=O) groups excluding carboxylic acids is 3. The Morgan fingerprint density at radius 2 is 2.09 bits per heavy atom. The van der Waals surface area contributed by atoms with Crippen LogP contribution in [0.5, 0.6) is 0 Å². The van der Waals surface area contributed by atoms with Gasteiger partial charge in [-0.2, -0.15) is 0 Å².